The van der Waals surface area contributed by atoms with E-state index in [4.69, 9.17) is 4.74 Å². The maximum Gasteiger partial charge on any atom is 0.405 e. The fraction of sp³-hybridized carbons (Fsp3) is 0.333. The first-order chi connectivity index (χ1) is 17.3. The largest absolute Gasteiger partial charge is 0.405 e. The molecule has 3 aromatic rings. The minimum Gasteiger partial charge on any atom is -0.380 e. The highest BCUT2D eigenvalue weighted by molar-refractivity contribution is 5.99. The molecular formula is C24H24F3N7O2. The van der Waals surface area contributed by atoms with Crippen LogP contribution < -0.4 is 21.3 Å². The van der Waals surface area contributed by atoms with Crippen molar-refractivity contribution in [1.29, 1.82) is 0 Å². The van der Waals surface area contributed by atoms with Gasteiger partial charge < -0.3 is 26.0 Å². The normalized spacial score (nSPS) is 15.5. The molecule has 0 aliphatic carbocycles. The molecule has 4 heterocycles. The van der Waals surface area contributed by atoms with E-state index in [0.29, 0.717) is 18.9 Å². The van der Waals surface area contributed by atoms with E-state index in [1.807, 2.05) is 23.5 Å². The summed E-state index contributed by atoms with van der Waals surface area (Å²) in [4.78, 5) is 25.5. The van der Waals surface area contributed by atoms with E-state index in [0.717, 1.165) is 36.5 Å². The van der Waals surface area contributed by atoms with Crippen LogP contribution in [0.15, 0.2) is 42.7 Å². The van der Waals surface area contributed by atoms with E-state index >= 15 is 0 Å². The maximum absolute atomic E-state index is 12.7. The van der Waals surface area contributed by atoms with Crippen LogP contribution >= 0.6 is 0 Å². The molecule has 5 rings (SSSR count). The molecule has 36 heavy (non-hydrogen) atoms. The highest BCUT2D eigenvalue weighted by atomic mass is 19.4. The Bertz CT molecular complexity index is 1260. The summed E-state index contributed by atoms with van der Waals surface area (Å²) in [6, 6.07) is 9.44. The minimum atomic E-state index is -4.54. The van der Waals surface area contributed by atoms with Crippen LogP contribution in [0.5, 0.6) is 0 Å². The number of rotatable bonds is 7. The van der Waals surface area contributed by atoms with Gasteiger partial charge in [-0.1, -0.05) is 6.07 Å². The Morgan fingerprint density at radius 3 is 2.69 bits per heavy atom. The lowest BCUT2D eigenvalue weighted by molar-refractivity contribution is -0.123. The van der Waals surface area contributed by atoms with Gasteiger partial charge >= 0.3 is 6.18 Å². The summed E-state index contributed by atoms with van der Waals surface area (Å²) in [5, 5.41) is 11.4. The zero-order chi connectivity index (χ0) is 25.1. The monoisotopic (exact) mass is 499 g/mol. The number of hydrogen-bond donors (Lipinski definition) is 4. The number of aromatic nitrogens is 3. The predicted molar refractivity (Wildman–Crippen MR) is 127 cm³/mol. The van der Waals surface area contributed by atoms with Crippen molar-refractivity contribution in [3.05, 3.63) is 65.1 Å². The molecule has 0 bridgehead atoms. The highest BCUT2D eigenvalue weighted by Crippen LogP contribution is 2.27. The predicted octanol–water partition coefficient (Wildman–Crippen LogP) is 3.41. The van der Waals surface area contributed by atoms with Gasteiger partial charge in [0.05, 0.1) is 18.9 Å². The van der Waals surface area contributed by atoms with Gasteiger partial charge in [0.2, 0.25) is 5.95 Å². The quantitative estimate of drug-likeness (QED) is 0.391. The number of hydrogen-bond acceptors (Lipinski definition) is 8. The van der Waals surface area contributed by atoms with Crippen molar-refractivity contribution in [2.24, 2.45) is 0 Å². The summed E-state index contributed by atoms with van der Waals surface area (Å²) in [5.41, 5.74) is 4.46. The molecular weight excluding hydrogens is 475 g/mol. The Morgan fingerprint density at radius 2 is 1.92 bits per heavy atom. The molecule has 0 spiro atoms. The summed E-state index contributed by atoms with van der Waals surface area (Å²) >= 11 is 0. The third kappa shape index (κ3) is 5.71. The van der Waals surface area contributed by atoms with E-state index < -0.39 is 18.6 Å². The van der Waals surface area contributed by atoms with Crippen molar-refractivity contribution in [3.63, 3.8) is 0 Å². The first-order valence-electron chi connectivity index (χ1n) is 11.5. The number of ether oxygens (including phenoxy) is 1. The Kier molecular flexibility index (Phi) is 6.70. The fourth-order valence-electron chi connectivity index (χ4n) is 3.96. The molecule has 4 N–H and O–H groups in total. The van der Waals surface area contributed by atoms with Crippen LogP contribution in [0.1, 0.15) is 33.1 Å². The number of anilines is 4. The van der Waals surface area contributed by atoms with Gasteiger partial charge in [-0.3, -0.25) is 9.78 Å². The summed E-state index contributed by atoms with van der Waals surface area (Å²) in [7, 11) is 0. The van der Waals surface area contributed by atoms with Crippen LogP contribution in [-0.4, -0.2) is 53.3 Å². The summed E-state index contributed by atoms with van der Waals surface area (Å²) in [5.74, 6) is -0.519. The Morgan fingerprint density at radius 1 is 1.08 bits per heavy atom. The molecule has 188 valence electrons. The van der Waals surface area contributed by atoms with E-state index in [9.17, 15) is 18.0 Å². The van der Waals surface area contributed by atoms with Gasteiger partial charge in [0.25, 0.3) is 5.91 Å². The molecule has 2 aliphatic heterocycles. The molecule has 0 radical (unpaired) electrons. The molecule has 9 nitrogen and oxygen atoms in total. The number of amides is 1. The van der Waals surface area contributed by atoms with Gasteiger partial charge in [-0.05, 0) is 48.4 Å². The lowest BCUT2D eigenvalue weighted by atomic mass is 10.0. The van der Waals surface area contributed by atoms with Crippen molar-refractivity contribution < 1.29 is 22.7 Å². The van der Waals surface area contributed by atoms with Crippen LogP contribution in [0.2, 0.25) is 0 Å². The van der Waals surface area contributed by atoms with Gasteiger partial charge in [0.15, 0.2) is 0 Å². The lowest BCUT2D eigenvalue weighted by Crippen LogP contribution is -2.34. The first kappa shape index (κ1) is 23.9. The Balaban J connectivity index is 1.41. The van der Waals surface area contributed by atoms with Crippen LogP contribution in [0.25, 0.3) is 0 Å². The van der Waals surface area contributed by atoms with Crippen molar-refractivity contribution in [1.82, 2.24) is 25.6 Å². The van der Waals surface area contributed by atoms with Crippen LogP contribution in [-0.2, 0) is 17.7 Å². The first-order valence-corrected chi connectivity index (χ1v) is 11.5. The van der Waals surface area contributed by atoms with Gasteiger partial charge in [-0.15, -0.1) is 0 Å². The van der Waals surface area contributed by atoms with E-state index in [1.54, 1.807) is 18.3 Å². The Hall–Kier alpha value is -3.77. The third-order valence-electron chi connectivity index (χ3n) is 5.93. The van der Waals surface area contributed by atoms with E-state index in [-0.39, 0.29) is 23.2 Å². The second-order valence-electron chi connectivity index (χ2n) is 8.62. The number of benzene rings is 1. The molecule has 12 heteroatoms. The van der Waals surface area contributed by atoms with Crippen LogP contribution in [0.4, 0.5) is 36.3 Å². The molecule has 1 fully saturated rings. The number of fused-ring (bicyclic) bond motifs is 1. The van der Waals surface area contributed by atoms with E-state index in [1.165, 1.54) is 11.8 Å². The number of alkyl halides is 3. The standard InChI is InChI=1S/C24H24F3N7O2/c25-24(26,27)13-31-22(35)19-10-30-23(33-17-2-1-14-3-5-28-9-15(14)7-17)34-21(19)32-18-4-6-29-20(8-18)16-11-36-12-16/h1-2,4,6-8,10,16,28H,3,5,9,11-13H2,(H,31,35)(H2,29,30,32,33,34). The van der Waals surface area contributed by atoms with Crippen molar-refractivity contribution >= 4 is 29.0 Å². The fourth-order valence-corrected chi connectivity index (χ4v) is 3.96. The SMILES string of the molecule is O=C(NCC(F)(F)F)c1cnc(Nc2ccc3c(c2)CNCC3)nc1Nc1ccnc(C2COC2)c1. The van der Waals surface area contributed by atoms with Crippen molar-refractivity contribution in [2.75, 3.05) is 36.9 Å². The second-order valence-corrected chi connectivity index (χ2v) is 8.62. The number of carbonyl (C=O) groups is 1. The van der Waals surface area contributed by atoms with Crippen LogP contribution in [0.3, 0.4) is 0 Å². The third-order valence-corrected chi connectivity index (χ3v) is 5.93. The van der Waals surface area contributed by atoms with E-state index in [2.05, 4.69) is 30.9 Å². The Labute approximate surface area is 204 Å². The average molecular weight is 499 g/mol. The number of carbonyl (C=O) groups excluding carboxylic acids is 1. The van der Waals surface area contributed by atoms with Gasteiger partial charge in [0, 0.05) is 36.2 Å². The number of nitrogens with one attached hydrogen (secondary N) is 4. The lowest BCUT2D eigenvalue weighted by Gasteiger charge is -2.25. The molecule has 0 atom stereocenters. The zero-order valence-corrected chi connectivity index (χ0v) is 19.2. The molecule has 1 saturated heterocycles. The van der Waals surface area contributed by atoms with Crippen LogP contribution in [0, 0.1) is 0 Å². The average Bonchev–Trinajstić information content (AvgIpc) is 2.81. The van der Waals surface area contributed by atoms with Gasteiger partial charge in [-0.2, -0.15) is 18.2 Å². The summed E-state index contributed by atoms with van der Waals surface area (Å²) in [6.07, 6.45) is -0.785. The zero-order valence-electron chi connectivity index (χ0n) is 19.2. The molecule has 2 aromatic heterocycles. The highest BCUT2D eigenvalue weighted by Gasteiger charge is 2.29. The van der Waals surface area contributed by atoms with Gasteiger partial charge in [0.1, 0.15) is 17.9 Å². The number of pyridine rings is 1. The molecule has 0 saturated carbocycles. The topological polar surface area (TPSA) is 113 Å². The molecule has 1 aromatic carbocycles. The molecule has 0 unspecified atom stereocenters. The van der Waals surface area contributed by atoms with Gasteiger partial charge in [-0.25, -0.2) is 4.98 Å². The molecule has 1 amide bonds. The van der Waals surface area contributed by atoms with Crippen molar-refractivity contribution in [3.8, 4) is 0 Å². The maximum atomic E-state index is 12.7. The smallest absolute Gasteiger partial charge is 0.380 e. The second kappa shape index (κ2) is 10.1. The molecule has 2 aliphatic rings. The number of halogens is 3. The summed E-state index contributed by atoms with van der Waals surface area (Å²) in [6.45, 7) is 1.36. The summed E-state index contributed by atoms with van der Waals surface area (Å²) < 4.78 is 43.2. The number of nitrogens with zero attached hydrogens (tertiary/aromatic N) is 3. The minimum absolute atomic E-state index is 0.0637. The van der Waals surface area contributed by atoms with Crippen molar-refractivity contribution in [2.45, 2.75) is 25.1 Å².